The minimum absolute atomic E-state index is 0. The van der Waals surface area contributed by atoms with E-state index in [1.54, 1.807) is 0 Å². The van der Waals surface area contributed by atoms with Crippen molar-refractivity contribution >= 4 is 7.82 Å². The van der Waals surface area contributed by atoms with Gasteiger partial charge >= 0.3 is 108 Å². The first-order valence-corrected chi connectivity index (χ1v) is 2.19. The van der Waals surface area contributed by atoms with Crippen LogP contribution >= 0.6 is 7.82 Å². The molecule has 0 saturated carbocycles. The Balaban J connectivity index is -0.0000000133. The molecule has 0 heterocycles. The molecule has 0 aromatic carbocycles. The Bertz CT molecular complexity index is 61.9. The van der Waals surface area contributed by atoms with E-state index in [2.05, 4.69) is 0 Å². The normalized spacial score (nSPS) is 6.56. The van der Waals surface area contributed by atoms with Crippen molar-refractivity contribution in [2.75, 3.05) is 0 Å². The molecule has 0 aromatic rings. The predicted molar refractivity (Wildman–Crippen MR) is 7.61 cm³/mol. The maximum absolute atomic E-state index is 8.55. The molecule has 32 valence electrons. The van der Waals surface area contributed by atoms with E-state index in [1.807, 2.05) is 0 Å². The summed E-state index contributed by atoms with van der Waals surface area (Å²) in [6.07, 6.45) is 0. The van der Waals surface area contributed by atoms with Crippen LogP contribution in [0.3, 0.4) is 0 Å². The summed E-state index contributed by atoms with van der Waals surface area (Å²) in [5, 5.41) is 0. The van der Waals surface area contributed by atoms with Gasteiger partial charge in [-0.1, -0.05) is 0 Å². The molecule has 0 aliphatic heterocycles. The Morgan fingerprint density at radius 3 is 0.889 bits per heavy atom. The van der Waals surface area contributed by atoms with E-state index < -0.39 is 7.82 Å². The molecule has 9 heteroatoms. The Kier molecular flexibility index (Phi) is 46.4. The van der Waals surface area contributed by atoms with Gasteiger partial charge in [-0.3, -0.25) is 0 Å². The molecule has 0 aromatic heterocycles. The van der Waals surface area contributed by atoms with Crippen LogP contribution in [0.4, 0.5) is 0 Å². The molecule has 0 spiro atoms. The van der Waals surface area contributed by atoms with Crippen molar-refractivity contribution in [1.82, 2.24) is 0 Å². The molecule has 0 rings (SSSR count). The first kappa shape index (κ1) is 29.3. The van der Waals surface area contributed by atoms with E-state index in [4.69, 9.17) is 19.2 Å². The molecule has 0 N–H and O–H groups in total. The Morgan fingerprint density at radius 1 is 0.889 bits per heavy atom. The maximum Gasteiger partial charge on any atom is 1.00 e. The van der Waals surface area contributed by atoms with Gasteiger partial charge in [-0.05, 0) is 0 Å². The summed E-state index contributed by atoms with van der Waals surface area (Å²) >= 11 is 0. The van der Waals surface area contributed by atoms with Gasteiger partial charge < -0.3 is 19.2 Å². The van der Waals surface area contributed by atoms with Crippen LogP contribution in [0.25, 0.3) is 0 Å². The molecule has 0 atom stereocenters. The Labute approximate surface area is 132 Å². The standard InChI is InChI=1S/Li.3Na.H3O4P/c;;;;1-5(2,3)4/h;;;;(H3,1,2,3,4)/q4*+1;/p-3. The zero-order valence-corrected chi connectivity index (χ0v) is 13.0. The number of phosphoric acid groups is 1. The summed E-state index contributed by atoms with van der Waals surface area (Å²) < 4.78 is 8.55. The molecule has 9 heavy (non-hydrogen) atoms. The molecule has 0 amide bonds. The van der Waals surface area contributed by atoms with Crippen molar-refractivity contribution < 1.29 is 127 Å². The van der Waals surface area contributed by atoms with Gasteiger partial charge in [-0.2, -0.15) is 7.82 Å². The molecule has 4 nitrogen and oxygen atoms in total. The van der Waals surface area contributed by atoms with Crippen LogP contribution < -0.4 is 122 Å². The fourth-order valence-corrected chi connectivity index (χ4v) is 0. The topological polar surface area (TPSA) is 86.2 Å². The van der Waals surface area contributed by atoms with Crippen LogP contribution in [-0.2, 0) is 4.57 Å². The Hall–Kier alpha value is 3.71. The SMILES string of the molecule is O=P([O-])([O-])[O-].[Li+].[Na+].[Na+].[Na+]. The first-order valence-electron chi connectivity index (χ1n) is 0.730. The molecule has 0 bridgehead atoms. The van der Waals surface area contributed by atoms with E-state index in [9.17, 15) is 0 Å². The first-order chi connectivity index (χ1) is 2.00. The van der Waals surface area contributed by atoms with E-state index in [0.717, 1.165) is 0 Å². The zero-order chi connectivity index (χ0) is 4.50. The van der Waals surface area contributed by atoms with Crippen molar-refractivity contribution in [2.24, 2.45) is 0 Å². The summed E-state index contributed by atoms with van der Waals surface area (Å²) in [6, 6.07) is 0. The summed E-state index contributed by atoms with van der Waals surface area (Å²) in [7, 11) is -5.39. The van der Waals surface area contributed by atoms with Gasteiger partial charge in [-0.25, -0.2) is 0 Å². The van der Waals surface area contributed by atoms with Crippen molar-refractivity contribution in [3.05, 3.63) is 0 Å². The number of rotatable bonds is 0. The van der Waals surface area contributed by atoms with Crippen LogP contribution in [0.5, 0.6) is 0 Å². The van der Waals surface area contributed by atoms with Gasteiger partial charge in [-0.15, -0.1) is 0 Å². The summed E-state index contributed by atoms with van der Waals surface area (Å²) in [6.45, 7) is 0. The quantitative estimate of drug-likeness (QED) is 0.267. The third-order valence-corrected chi connectivity index (χ3v) is 0. The van der Waals surface area contributed by atoms with E-state index in [-0.39, 0.29) is 108 Å². The number of hydrogen-bond donors (Lipinski definition) is 0. The molecule has 0 fully saturated rings. The van der Waals surface area contributed by atoms with Gasteiger partial charge in [0.05, 0.1) is 0 Å². The molecule has 0 saturated heterocycles. The van der Waals surface area contributed by atoms with Gasteiger partial charge in [0.25, 0.3) is 0 Å². The van der Waals surface area contributed by atoms with Crippen molar-refractivity contribution in [2.45, 2.75) is 0 Å². The Morgan fingerprint density at radius 2 is 0.889 bits per heavy atom. The van der Waals surface area contributed by atoms with Crippen molar-refractivity contribution in [3.63, 3.8) is 0 Å². The smallest absolute Gasteiger partial charge is 0.822 e. The van der Waals surface area contributed by atoms with Gasteiger partial charge in [0.1, 0.15) is 0 Å². The molecule has 0 aliphatic rings. The summed E-state index contributed by atoms with van der Waals surface area (Å²) in [4.78, 5) is 25.6. The van der Waals surface area contributed by atoms with E-state index >= 15 is 0 Å². The van der Waals surface area contributed by atoms with Crippen LogP contribution in [0.2, 0.25) is 0 Å². The largest absolute Gasteiger partial charge is 1.00 e. The van der Waals surface area contributed by atoms with Gasteiger partial charge in [0.15, 0.2) is 0 Å². The molecule has 0 aliphatic carbocycles. The molecular formula is LiNa3O4P+. The third-order valence-electron chi connectivity index (χ3n) is 0. The minimum atomic E-state index is -5.39. The second kappa shape index (κ2) is 14.2. The average molecular weight is 171 g/mol. The van der Waals surface area contributed by atoms with Crippen LogP contribution in [0.1, 0.15) is 0 Å². The molecule has 0 unspecified atom stereocenters. The monoisotopic (exact) mass is 171 g/mol. The van der Waals surface area contributed by atoms with Crippen molar-refractivity contribution in [3.8, 4) is 0 Å². The maximum atomic E-state index is 8.55. The average Bonchev–Trinajstić information content (AvgIpc) is 0.722. The minimum Gasteiger partial charge on any atom is -0.822 e. The van der Waals surface area contributed by atoms with Gasteiger partial charge in [0, 0.05) is 0 Å². The molecular weight excluding hydrogens is 171 g/mol. The number of hydrogen-bond acceptors (Lipinski definition) is 4. The van der Waals surface area contributed by atoms with Crippen LogP contribution in [-0.4, -0.2) is 0 Å². The van der Waals surface area contributed by atoms with E-state index in [0.29, 0.717) is 0 Å². The third kappa shape index (κ3) is 80.3. The van der Waals surface area contributed by atoms with Crippen LogP contribution in [0.15, 0.2) is 0 Å². The predicted octanol–water partition coefficient (Wildman–Crippen LogP) is -14.8. The summed E-state index contributed by atoms with van der Waals surface area (Å²) in [5.74, 6) is 0. The van der Waals surface area contributed by atoms with Gasteiger partial charge in [0.2, 0.25) is 0 Å². The second-order valence-electron chi connectivity index (χ2n) is 0.447. The zero-order valence-electron chi connectivity index (χ0n) is 6.08. The van der Waals surface area contributed by atoms with E-state index in [1.165, 1.54) is 0 Å². The van der Waals surface area contributed by atoms with Crippen molar-refractivity contribution in [1.29, 1.82) is 0 Å². The summed E-state index contributed by atoms with van der Waals surface area (Å²) in [5.41, 5.74) is 0. The fourth-order valence-electron chi connectivity index (χ4n) is 0. The fraction of sp³-hybridized carbons (Fsp3) is 0. The molecule has 0 radical (unpaired) electrons. The second-order valence-corrected chi connectivity index (χ2v) is 1.34. The van der Waals surface area contributed by atoms with Crippen LogP contribution in [0, 0.1) is 0 Å².